The zero-order valence-electron chi connectivity index (χ0n) is 17.2. The third kappa shape index (κ3) is 5.47. The van der Waals surface area contributed by atoms with Crippen LogP contribution < -0.4 is 9.47 Å². The number of carbonyl (C=O) groups excluding carboxylic acids is 2. The number of hydrogen-bond acceptors (Lipinski definition) is 5. The predicted octanol–water partition coefficient (Wildman–Crippen LogP) is 6.18. The summed E-state index contributed by atoms with van der Waals surface area (Å²) in [6.45, 7) is 0.584. The Morgan fingerprint density at radius 2 is 1.76 bits per heavy atom. The Labute approximate surface area is 223 Å². The Hall–Kier alpha value is -2.23. The summed E-state index contributed by atoms with van der Waals surface area (Å²) in [4.78, 5) is 26.9. The maximum Gasteiger partial charge on any atom is 0.293 e. The van der Waals surface area contributed by atoms with Crippen molar-refractivity contribution in [3.05, 3.63) is 72.2 Å². The maximum absolute atomic E-state index is 12.9. The molecule has 0 aromatic heterocycles. The number of halogens is 2. The van der Waals surface area contributed by atoms with Crippen LogP contribution in [0.2, 0.25) is 0 Å². The van der Waals surface area contributed by atoms with Gasteiger partial charge in [-0.25, -0.2) is 0 Å². The summed E-state index contributed by atoms with van der Waals surface area (Å²) in [5.74, 6) is 3.58. The third-order valence-corrected chi connectivity index (χ3v) is 7.32. The van der Waals surface area contributed by atoms with Gasteiger partial charge in [0.2, 0.25) is 0 Å². The molecule has 0 unspecified atom stereocenters. The molecule has 4 rings (SSSR count). The molecule has 3 aromatic carbocycles. The van der Waals surface area contributed by atoms with Gasteiger partial charge in [-0.05, 0) is 92.2 Å². The minimum absolute atomic E-state index is 0.180. The van der Waals surface area contributed by atoms with Crippen molar-refractivity contribution in [3.8, 4) is 23.8 Å². The van der Waals surface area contributed by atoms with E-state index in [4.69, 9.17) is 15.9 Å². The highest BCUT2D eigenvalue weighted by Gasteiger charge is 2.34. The fourth-order valence-electron chi connectivity index (χ4n) is 3.33. The number of nitrogens with zero attached hydrogens (tertiary/aromatic N) is 1. The Morgan fingerprint density at radius 3 is 2.52 bits per heavy atom. The van der Waals surface area contributed by atoms with Gasteiger partial charge in [0, 0.05) is 5.39 Å². The highest BCUT2D eigenvalue weighted by Crippen LogP contribution is 2.35. The molecule has 0 aliphatic carbocycles. The average Bonchev–Trinajstić information content (AvgIpc) is 3.06. The lowest BCUT2D eigenvalue weighted by Gasteiger charge is -2.14. The highest BCUT2D eigenvalue weighted by atomic mass is 127. The summed E-state index contributed by atoms with van der Waals surface area (Å²) in [5.41, 5.74) is 0.814. The summed E-state index contributed by atoms with van der Waals surface area (Å²) in [6.07, 6.45) is 7.00. The van der Waals surface area contributed by atoms with Gasteiger partial charge in [0.05, 0.1) is 18.6 Å². The lowest BCUT2D eigenvalue weighted by Crippen LogP contribution is -2.32. The van der Waals surface area contributed by atoms with E-state index >= 15 is 0 Å². The van der Waals surface area contributed by atoms with Crippen LogP contribution >= 0.6 is 56.9 Å². The van der Waals surface area contributed by atoms with Crippen LogP contribution in [0.5, 0.6) is 11.5 Å². The minimum atomic E-state index is -0.316. The van der Waals surface area contributed by atoms with Gasteiger partial charge in [0.25, 0.3) is 11.1 Å². The van der Waals surface area contributed by atoms with Gasteiger partial charge < -0.3 is 9.47 Å². The van der Waals surface area contributed by atoms with Crippen molar-refractivity contribution in [3.63, 3.8) is 0 Å². The zero-order chi connectivity index (χ0) is 23.4. The molecule has 0 atom stereocenters. The Kier molecular flexibility index (Phi) is 7.82. The fraction of sp³-hybridized carbons (Fsp3) is 0.120. The number of imide groups is 1. The van der Waals surface area contributed by atoms with Gasteiger partial charge in [-0.2, -0.15) is 0 Å². The van der Waals surface area contributed by atoms with E-state index in [1.165, 1.54) is 4.90 Å². The molecule has 166 valence electrons. The molecule has 5 nitrogen and oxygen atoms in total. The molecule has 0 N–H and O–H groups in total. The summed E-state index contributed by atoms with van der Waals surface area (Å²) in [5, 5.41) is 1.77. The van der Waals surface area contributed by atoms with Crippen LogP contribution in [0.1, 0.15) is 5.56 Å². The van der Waals surface area contributed by atoms with E-state index < -0.39 is 0 Å². The molecule has 0 spiro atoms. The number of ether oxygens (including phenoxy) is 2. The second-order valence-electron chi connectivity index (χ2n) is 6.97. The number of amides is 2. The molecule has 1 aliphatic heterocycles. The molecular weight excluding hydrogens is 664 g/mol. The summed E-state index contributed by atoms with van der Waals surface area (Å²) in [7, 11) is 0. The van der Waals surface area contributed by atoms with E-state index in [0.29, 0.717) is 10.7 Å². The quantitative estimate of drug-likeness (QED) is 0.170. The van der Waals surface area contributed by atoms with Crippen molar-refractivity contribution in [1.29, 1.82) is 0 Å². The molecular formula is C25H17I2NO4S. The molecule has 0 radical (unpaired) electrons. The van der Waals surface area contributed by atoms with Crippen LogP contribution in [0.4, 0.5) is 4.79 Å². The van der Waals surface area contributed by atoms with Crippen LogP contribution in [-0.2, 0) is 4.79 Å². The summed E-state index contributed by atoms with van der Waals surface area (Å²) < 4.78 is 13.2. The van der Waals surface area contributed by atoms with Gasteiger partial charge >= 0.3 is 0 Å². The molecule has 3 aromatic rings. The summed E-state index contributed by atoms with van der Waals surface area (Å²) >= 11 is 5.27. The van der Waals surface area contributed by atoms with Gasteiger partial charge in [0.1, 0.15) is 24.7 Å². The maximum atomic E-state index is 12.9. The number of hydrogen-bond donors (Lipinski definition) is 0. The molecule has 1 heterocycles. The highest BCUT2D eigenvalue weighted by molar-refractivity contribution is 14.1. The lowest BCUT2D eigenvalue weighted by molar-refractivity contribution is -0.123. The Morgan fingerprint density at radius 1 is 1.03 bits per heavy atom. The molecule has 8 heteroatoms. The van der Waals surface area contributed by atoms with Gasteiger partial charge in [0.15, 0.2) is 0 Å². The Bertz CT molecular complexity index is 1290. The molecule has 0 saturated carbocycles. The first-order valence-corrected chi connectivity index (χ1v) is 12.9. The van der Waals surface area contributed by atoms with E-state index in [2.05, 4.69) is 51.1 Å². The number of thioether (sulfide) groups is 1. The van der Waals surface area contributed by atoms with E-state index in [1.807, 2.05) is 54.6 Å². The smallest absolute Gasteiger partial charge is 0.293 e. The normalized spacial score (nSPS) is 14.7. The van der Waals surface area contributed by atoms with Crippen LogP contribution in [0.3, 0.4) is 0 Å². The van der Waals surface area contributed by atoms with Crippen LogP contribution in [0, 0.1) is 19.5 Å². The van der Waals surface area contributed by atoms with Crippen LogP contribution in [-0.4, -0.2) is 35.8 Å². The third-order valence-electron chi connectivity index (χ3n) is 4.81. The fourth-order valence-corrected chi connectivity index (χ4v) is 6.32. The number of rotatable bonds is 7. The second-order valence-corrected chi connectivity index (χ2v) is 10.3. The SMILES string of the molecule is C#CCOc1c(I)cc(/C=C2\SC(=O)N(CCOc3cccc4ccccc34)C2=O)cc1I. The standard InChI is InChI=1S/C25H17I2NO4S/c1-2-11-32-23-19(26)13-16(14-20(23)27)15-22-24(29)28(25(30)33-22)10-12-31-21-9-5-7-17-6-3-4-8-18(17)21/h1,3-9,13-15H,10-12H2/b22-15-. The van der Waals surface area contributed by atoms with Crippen LogP contribution in [0.25, 0.3) is 16.8 Å². The van der Waals surface area contributed by atoms with Crippen LogP contribution in [0.15, 0.2) is 59.5 Å². The number of benzene rings is 3. The monoisotopic (exact) mass is 681 g/mol. The number of terminal acetylenes is 1. The van der Waals surface area contributed by atoms with Gasteiger partial charge in [-0.3, -0.25) is 14.5 Å². The number of fused-ring (bicyclic) bond motifs is 1. The first-order chi connectivity index (χ1) is 16.0. The van der Waals surface area contributed by atoms with Gasteiger partial charge in [-0.15, -0.1) is 6.42 Å². The first-order valence-electron chi connectivity index (χ1n) is 9.89. The predicted molar refractivity (Wildman–Crippen MR) is 148 cm³/mol. The summed E-state index contributed by atoms with van der Waals surface area (Å²) in [6, 6.07) is 17.5. The van der Waals surface area contributed by atoms with Crippen molar-refractivity contribution < 1.29 is 19.1 Å². The molecule has 1 saturated heterocycles. The minimum Gasteiger partial charge on any atom is -0.491 e. The lowest BCUT2D eigenvalue weighted by atomic mass is 10.1. The Balaban J connectivity index is 1.44. The largest absolute Gasteiger partial charge is 0.491 e. The van der Waals surface area contributed by atoms with Crippen molar-refractivity contribution in [2.45, 2.75) is 0 Å². The molecule has 2 amide bonds. The van der Waals surface area contributed by atoms with E-state index in [9.17, 15) is 9.59 Å². The van der Waals surface area contributed by atoms with E-state index in [0.717, 1.165) is 41.0 Å². The second kappa shape index (κ2) is 10.8. The van der Waals surface area contributed by atoms with Crippen molar-refractivity contribution >= 4 is 84.9 Å². The molecule has 1 aliphatic rings. The number of carbonyl (C=O) groups is 2. The zero-order valence-corrected chi connectivity index (χ0v) is 22.3. The molecule has 1 fully saturated rings. The van der Waals surface area contributed by atoms with E-state index in [1.54, 1.807) is 6.08 Å². The van der Waals surface area contributed by atoms with E-state index in [-0.39, 0.29) is 30.9 Å². The van der Waals surface area contributed by atoms with Crippen molar-refractivity contribution in [2.24, 2.45) is 0 Å². The first kappa shape index (κ1) is 23.9. The van der Waals surface area contributed by atoms with Crippen molar-refractivity contribution in [2.75, 3.05) is 19.8 Å². The molecule has 33 heavy (non-hydrogen) atoms. The van der Waals surface area contributed by atoms with Gasteiger partial charge in [-0.1, -0.05) is 42.3 Å². The molecule has 0 bridgehead atoms. The average molecular weight is 681 g/mol. The van der Waals surface area contributed by atoms with Crippen molar-refractivity contribution in [1.82, 2.24) is 4.90 Å². The topological polar surface area (TPSA) is 55.8 Å².